The summed E-state index contributed by atoms with van der Waals surface area (Å²) in [6.45, 7) is 10.8. The summed E-state index contributed by atoms with van der Waals surface area (Å²) in [5.41, 5.74) is 10.1. The maximum absolute atomic E-state index is 12.5. The highest BCUT2D eigenvalue weighted by molar-refractivity contribution is 7.13. The molecule has 0 aliphatic rings. The van der Waals surface area contributed by atoms with Crippen molar-refractivity contribution in [2.75, 3.05) is 33.4 Å². The predicted octanol–water partition coefficient (Wildman–Crippen LogP) is 5.35. The van der Waals surface area contributed by atoms with Gasteiger partial charge in [0.05, 0.1) is 13.2 Å². The van der Waals surface area contributed by atoms with Crippen LogP contribution < -0.4 is 11.1 Å². The average molecular weight is 575 g/mol. The zero-order valence-corrected chi connectivity index (χ0v) is 25.2. The molecule has 41 heavy (non-hydrogen) atoms. The van der Waals surface area contributed by atoms with E-state index in [9.17, 15) is 9.59 Å². The fourth-order valence-corrected chi connectivity index (χ4v) is 5.40. The predicted molar refractivity (Wildman–Crippen MR) is 166 cm³/mol. The van der Waals surface area contributed by atoms with Crippen LogP contribution in [-0.4, -0.2) is 60.4 Å². The van der Waals surface area contributed by atoms with E-state index in [-0.39, 0.29) is 12.0 Å². The van der Waals surface area contributed by atoms with Gasteiger partial charge in [0.2, 0.25) is 0 Å². The Labute approximate surface area is 245 Å². The highest BCUT2D eigenvalue weighted by atomic mass is 32.1. The third-order valence-corrected chi connectivity index (χ3v) is 7.35. The van der Waals surface area contributed by atoms with Crippen LogP contribution in [0.25, 0.3) is 32.2 Å². The molecule has 2 aromatic carbocycles. The quantitative estimate of drug-likeness (QED) is 0.207. The van der Waals surface area contributed by atoms with Crippen molar-refractivity contribution in [1.82, 2.24) is 14.8 Å². The molecular weight excluding hydrogens is 536 g/mol. The number of fused-ring (bicyclic) bond motifs is 3. The van der Waals surface area contributed by atoms with Crippen LogP contribution >= 0.6 is 11.3 Å². The second kappa shape index (κ2) is 13.2. The van der Waals surface area contributed by atoms with Crippen LogP contribution in [0.4, 0.5) is 4.79 Å². The molecule has 3 N–H and O–H groups in total. The van der Waals surface area contributed by atoms with Gasteiger partial charge >= 0.3 is 6.09 Å². The summed E-state index contributed by atoms with van der Waals surface area (Å²) in [4.78, 5) is 27.2. The summed E-state index contributed by atoms with van der Waals surface area (Å²) in [6.07, 6.45) is -0.341. The van der Waals surface area contributed by atoms with Gasteiger partial charge < -0.3 is 30.0 Å². The maximum Gasteiger partial charge on any atom is 0.410 e. The minimum absolute atomic E-state index is 0.334. The molecule has 0 unspecified atom stereocenters. The van der Waals surface area contributed by atoms with Crippen LogP contribution in [0.3, 0.4) is 0 Å². The molecule has 2 heterocycles. The largest absolute Gasteiger partial charge is 0.444 e. The number of nitrogens with two attached hydrogens (primary N) is 1. The monoisotopic (exact) mass is 574 g/mol. The van der Waals surface area contributed by atoms with E-state index in [1.54, 1.807) is 23.3 Å². The summed E-state index contributed by atoms with van der Waals surface area (Å²) in [5, 5.41) is 7.00. The van der Waals surface area contributed by atoms with Gasteiger partial charge in [0.25, 0.3) is 5.91 Å². The lowest BCUT2D eigenvalue weighted by atomic mass is 10.1. The summed E-state index contributed by atoms with van der Waals surface area (Å²) >= 11 is 1.60. The molecule has 9 heteroatoms. The van der Waals surface area contributed by atoms with Gasteiger partial charge in [-0.15, -0.1) is 11.3 Å². The molecule has 2 aromatic heterocycles. The Bertz CT molecular complexity index is 1600. The van der Waals surface area contributed by atoms with Crippen molar-refractivity contribution < 1.29 is 19.1 Å². The number of thiophene rings is 1. The van der Waals surface area contributed by atoms with Crippen molar-refractivity contribution >= 4 is 45.1 Å². The first kappa shape index (κ1) is 30.1. The van der Waals surface area contributed by atoms with Gasteiger partial charge in [-0.1, -0.05) is 24.1 Å². The lowest BCUT2D eigenvalue weighted by molar-refractivity contribution is -0.115. The first-order chi connectivity index (χ1) is 19.6. The summed E-state index contributed by atoms with van der Waals surface area (Å²) < 4.78 is 13.1. The topological polar surface area (TPSA) is 98.8 Å². The number of carbonyl (C=O) groups is 2. The SMILES string of the molecule is CCn1c2ccc(CN(C)C(=O)OC(C)(C)C)cc2c2ccc(-c3cc(C#CC(=O)NCCOCCN)cs3)cc21. The summed E-state index contributed by atoms with van der Waals surface area (Å²) in [6, 6.07) is 14.9. The molecule has 2 amide bonds. The van der Waals surface area contributed by atoms with Crippen molar-refractivity contribution in [3.8, 4) is 22.3 Å². The van der Waals surface area contributed by atoms with E-state index < -0.39 is 5.60 Å². The lowest BCUT2D eigenvalue weighted by Crippen LogP contribution is -2.33. The van der Waals surface area contributed by atoms with E-state index in [1.807, 2.05) is 32.2 Å². The standard InChI is InChI=1S/C32H38N4O4S/c1-6-36-27-11-7-22(20-35(5)31(38)40-32(2,3)4)17-26(27)25-10-9-24(19-28(25)36)29-18-23(21-41-29)8-12-30(37)34-14-16-39-15-13-33/h7,9-11,17-19,21H,6,13-16,20,33H2,1-5H3,(H,34,37). The molecule has 0 spiro atoms. The van der Waals surface area contributed by atoms with Gasteiger partial charge in [0, 0.05) is 76.8 Å². The highest BCUT2D eigenvalue weighted by Crippen LogP contribution is 2.35. The van der Waals surface area contributed by atoms with Gasteiger partial charge in [-0.3, -0.25) is 4.79 Å². The van der Waals surface area contributed by atoms with Gasteiger partial charge in [0.15, 0.2) is 0 Å². The molecule has 0 bridgehead atoms. The Morgan fingerprint density at radius 1 is 1.07 bits per heavy atom. The number of nitrogens with zero attached hydrogens (tertiary/aromatic N) is 2. The second-order valence-corrected chi connectivity index (χ2v) is 11.7. The first-order valence-electron chi connectivity index (χ1n) is 13.7. The first-order valence-corrected chi connectivity index (χ1v) is 14.6. The van der Waals surface area contributed by atoms with E-state index in [1.165, 1.54) is 0 Å². The van der Waals surface area contributed by atoms with Gasteiger partial charge in [-0.25, -0.2) is 4.79 Å². The van der Waals surface area contributed by atoms with Crippen molar-refractivity contribution in [2.24, 2.45) is 5.73 Å². The molecule has 4 rings (SSSR count). The van der Waals surface area contributed by atoms with Crippen molar-refractivity contribution in [2.45, 2.75) is 46.4 Å². The average Bonchev–Trinajstić information content (AvgIpc) is 3.52. The smallest absolute Gasteiger partial charge is 0.410 e. The zero-order chi connectivity index (χ0) is 29.6. The van der Waals surface area contributed by atoms with Gasteiger partial charge in [-0.05, 0) is 63.1 Å². The van der Waals surface area contributed by atoms with Crippen molar-refractivity contribution in [3.05, 3.63) is 59.0 Å². The maximum atomic E-state index is 12.5. The number of aromatic nitrogens is 1. The Morgan fingerprint density at radius 3 is 2.61 bits per heavy atom. The number of carbonyl (C=O) groups excluding carboxylic acids is 2. The molecule has 216 valence electrons. The van der Waals surface area contributed by atoms with Gasteiger partial charge in [-0.2, -0.15) is 0 Å². The minimum Gasteiger partial charge on any atom is -0.444 e. The van der Waals surface area contributed by atoms with Crippen LogP contribution in [0.5, 0.6) is 0 Å². The molecular formula is C32H38N4O4S. The summed E-state index contributed by atoms with van der Waals surface area (Å²) in [5.74, 6) is 5.27. The number of rotatable bonds is 9. The molecule has 8 nitrogen and oxygen atoms in total. The number of ether oxygens (including phenoxy) is 2. The Kier molecular flexibility index (Phi) is 9.71. The van der Waals surface area contributed by atoms with Gasteiger partial charge in [0.1, 0.15) is 5.60 Å². The zero-order valence-electron chi connectivity index (χ0n) is 24.4. The number of aryl methyl sites for hydroxylation is 1. The summed E-state index contributed by atoms with van der Waals surface area (Å²) in [7, 11) is 1.76. The Balaban J connectivity index is 1.53. The second-order valence-electron chi connectivity index (χ2n) is 10.8. The molecule has 0 fully saturated rings. The molecule has 0 saturated heterocycles. The molecule has 4 aromatic rings. The lowest BCUT2D eigenvalue weighted by Gasteiger charge is -2.24. The number of nitrogens with one attached hydrogen (secondary N) is 1. The van der Waals surface area contributed by atoms with Crippen LogP contribution in [0.2, 0.25) is 0 Å². The number of benzene rings is 2. The molecule has 0 radical (unpaired) electrons. The van der Waals surface area contributed by atoms with Crippen LogP contribution in [0.1, 0.15) is 38.8 Å². The Hall–Kier alpha value is -3.84. The Morgan fingerprint density at radius 2 is 1.88 bits per heavy atom. The molecule has 0 saturated carbocycles. The van der Waals surface area contributed by atoms with E-state index in [2.05, 4.69) is 65.0 Å². The van der Waals surface area contributed by atoms with Crippen LogP contribution in [-0.2, 0) is 27.4 Å². The third-order valence-electron chi connectivity index (χ3n) is 6.37. The normalized spacial score (nSPS) is 11.4. The van der Waals surface area contributed by atoms with Crippen molar-refractivity contribution in [1.29, 1.82) is 0 Å². The van der Waals surface area contributed by atoms with E-state index >= 15 is 0 Å². The number of hydrogen-bond acceptors (Lipinski definition) is 6. The van der Waals surface area contributed by atoms with E-state index in [4.69, 9.17) is 15.2 Å². The number of amides is 2. The highest BCUT2D eigenvalue weighted by Gasteiger charge is 2.20. The fourth-order valence-electron chi connectivity index (χ4n) is 4.57. The van der Waals surface area contributed by atoms with Crippen LogP contribution in [0, 0.1) is 11.8 Å². The minimum atomic E-state index is -0.535. The molecule has 0 aliphatic heterocycles. The van der Waals surface area contributed by atoms with E-state index in [0.717, 1.165) is 49.9 Å². The number of hydrogen-bond donors (Lipinski definition) is 2. The van der Waals surface area contributed by atoms with Crippen LogP contribution in [0.15, 0.2) is 47.8 Å². The van der Waals surface area contributed by atoms with Crippen molar-refractivity contribution in [3.63, 3.8) is 0 Å². The third kappa shape index (κ3) is 7.67. The molecule has 0 aliphatic carbocycles. The van der Waals surface area contributed by atoms with E-state index in [0.29, 0.717) is 32.8 Å². The molecule has 0 atom stereocenters. The fraction of sp³-hybridized carbons (Fsp3) is 0.375.